The van der Waals surface area contributed by atoms with Gasteiger partial charge in [0, 0.05) is 36.8 Å². The second-order valence-corrected chi connectivity index (χ2v) is 8.08. The van der Waals surface area contributed by atoms with Gasteiger partial charge in [-0.3, -0.25) is 4.79 Å². The third kappa shape index (κ3) is 3.34. The highest BCUT2D eigenvalue weighted by Gasteiger charge is 2.41. The van der Waals surface area contributed by atoms with Crippen LogP contribution in [0, 0.1) is 11.7 Å². The molecule has 6 nitrogen and oxygen atoms in total. The molecule has 0 N–H and O–H groups in total. The van der Waals surface area contributed by atoms with Crippen molar-refractivity contribution in [3.63, 3.8) is 0 Å². The van der Waals surface area contributed by atoms with Gasteiger partial charge in [0.1, 0.15) is 5.75 Å². The Morgan fingerprint density at radius 3 is 2.73 bits per heavy atom. The molecule has 0 spiro atoms. The zero-order valence-corrected chi connectivity index (χ0v) is 16.7. The summed E-state index contributed by atoms with van der Waals surface area (Å²) in [7, 11) is 1.66. The Labute approximate surface area is 174 Å². The Hall–Kier alpha value is -3.22. The Kier molecular flexibility index (Phi) is 4.73. The Balaban J connectivity index is 1.53. The molecule has 1 fully saturated rings. The molecule has 3 aromatic rings. The summed E-state index contributed by atoms with van der Waals surface area (Å²) in [6.07, 6.45) is 4.16. The second kappa shape index (κ2) is 7.55. The molecule has 0 saturated carbocycles. The minimum Gasteiger partial charge on any atom is -0.497 e. The summed E-state index contributed by atoms with van der Waals surface area (Å²) in [4.78, 5) is 23.4. The van der Waals surface area contributed by atoms with E-state index in [1.165, 1.54) is 12.4 Å². The second-order valence-electron chi connectivity index (χ2n) is 8.08. The summed E-state index contributed by atoms with van der Waals surface area (Å²) in [5, 5.41) is 0. The van der Waals surface area contributed by atoms with Gasteiger partial charge in [-0.2, -0.15) is 0 Å². The first-order valence-corrected chi connectivity index (χ1v) is 10.2. The van der Waals surface area contributed by atoms with Crippen LogP contribution in [0.15, 0.2) is 59.7 Å². The van der Waals surface area contributed by atoms with Crippen LogP contribution in [0.25, 0.3) is 0 Å². The summed E-state index contributed by atoms with van der Waals surface area (Å²) >= 11 is 0. The first-order chi connectivity index (χ1) is 14.6. The van der Waals surface area contributed by atoms with Crippen molar-refractivity contribution in [1.82, 2.24) is 14.5 Å². The minimum atomic E-state index is -0.441. The molecule has 7 heteroatoms. The summed E-state index contributed by atoms with van der Waals surface area (Å²) in [6, 6.07) is 13.6. The number of hydrogen-bond donors (Lipinski definition) is 0. The number of rotatable bonds is 4. The predicted molar refractivity (Wildman–Crippen MR) is 111 cm³/mol. The van der Waals surface area contributed by atoms with E-state index >= 15 is 0 Å². The van der Waals surface area contributed by atoms with Crippen LogP contribution in [-0.2, 0) is 6.42 Å². The fourth-order valence-electron chi connectivity index (χ4n) is 4.98. The van der Waals surface area contributed by atoms with E-state index in [0.29, 0.717) is 5.95 Å². The van der Waals surface area contributed by atoms with Crippen molar-refractivity contribution < 1.29 is 9.13 Å². The predicted octanol–water partition coefficient (Wildman–Crippen LogP) is 3.19. The molecule has 2 bridgehead atoms. The smallest absolute Gasteiger partial charge is 0.251 e. The van der Waals surface area contributed by atoms with Crippen molar-refractivity contribution in [1.29, 1.82) is 0 Å². The maximum atomic E-state index is 13.3. The Morgan fingerprint density at radius 2 is 1.93 bits per heavy atom. The number of benzene rings is 1. The van der Waals surface area contributed by atoms with E-state index in [1.807, 2.05) is 28.8 Å². The number of pyridine rings is 1. The summed E-state index contributed by atoms with van der Waals surface area (Å²) in [6.45, 7) is 1.45. The number of fused-ring (bicyclic) bond motifs is 4. The average Bonchev–Trinajstić information content (AvgIpc) is 2.77. The van der Waals surface area contributed by atoms with Gasteiger partial charge in [0.2, 0.25) is 5.95 Å². The first kappa shape index (κ1) is 18.8. The third-order valence-corrected chi connectivity index (χ3v) is 6.27. The molecule has 2 aromatic heterocycles. The van der Waals surface area contributed by atoms with Gasteiger partial charge in [-0.25, -0.2) is 14.4 Å². The van der Waals surface area contributed by atoms with E-state index < -0.39 is 5.82 Å². The van der Waals surface area contributed by atoms with Gasteiger partial charge in [-0.15, -0.1) is 0 Å². The summed E-state index contributed by atoms with van der Waals surface area (Å²) in [5.74, 6) is 1.39. The van der Waals surface area contributed by atoms with Crippen LogP contribution in [0.4, 0.5) is 10.3 Å². The number of ether oxygens (including phenoxy) is 1. The third-order valence-electron chi connectivity index (χ3n) is 6.27. The molecule has 5 rings (SSSR count). The quantitative estimate of drug-likeness (QED) is 0.666. The van der Waals surface area contributed by atoms with Gasteiger partial charge in [0.25, 0.3) is 5.56 Å². The van der Waals surface area contributed by atoms with E-state index in [1.54, 1.807) is 13.2 Å². The van der Waals surface area contributed by atoms with Crippen LogP contribution in [0.5, 0.6) is 5.75 Å². The maximum Gasteiger partial charge on any atom is 0.251 e. The topological polar surface area (TPSA) is 60.2 Å². The molecular weight excluding hydrogens is 383 g/mol. The van der Waals surface area contributed by atoms with Crippen molar-refractivity contribution >= 4 is 5.95 Å². The molecule has 3 atom stereocenters. The van der Waals surface area contributed by atoms with E-state index in [-0.39, 0.29) is 23.4 Å². The lowest BCUT2D eigenvalue weighted by molar-refractivity contribution is 0.210. The fraction of sp³-hybridized carbons (Fsp3) is 0.348. The zero-order chi connectivity index (χ0) is 20.7. The summed E-state index contributed by atoms with van der Waals surface area (Å²) in [5.41, 5.74) is 2.23. The standard InChI is InChI=1S/C23H23FN4O2/c1-30-19-5-2-4-15(8-19)9-21-17-10-16(20-6-3-7-22(29)28(20)21)13-27(14-17)23-25-11-18(24)12-26-23/h2-8,11-12,16-17,21H,9-10,13-14H2,1H3/t16-,17+,21+/m1/s1. The number of hydrogen-bond acceptors (Lipinski definition) is 5. The van der Waals surface area contributed by atoms with Gasteiger partial charge in [0.15, 0.2) is 5.82 Å². The molecule has 0 radical (unpaired) electrons. The van der Waals surface area contributed by atoms with Gasteiger partial charge < -0.3 is 14.2 Å². The van der Waals surface area contributed by atoms with Gasteiger partial charge in [-0.1, -0.05) is 18.2 Å². The van der Waals surface area contributed by atoms with Crippen LogP contribution in [0.3, 0.4) is 0 Å². The first-order valence-electron chi connectivity index (χ1n) is 10.2. The molecule has 1 aromatic carbocycles. The average molecular weight is 406 g/mol. The molecular formula is C23H23FN4O2. The fourth-order valence-corrected chi connectivity index (χ4v) is 4.98. The molecule has 0 aliphatic carbocycles. The van der Waals surface area contributed by atoms with Crippen molar-refractivity contribution in [3.05, 3.63) is 82.3 Å². The Bertz CT molecular complexity index is 1110. The zero-order valence-electron chi connectivity index (χ0n) is 16.7. The molecule has 2 aliphatic heterocycles. The van der Waals surface area contributed by atoms with E-state index in [4.69, 9.17) is 4.74 Å². The number of piperidine rings is 1. The van der Waals surface area contributed by atoms with Crippen molar-refractivity contribution in [3.8, 4) is 5.75 Å². The number of methoxy groups -OCH3 is 1. The molecule has 1 saturated heterocycles. The van der Waals surface area contributed by atoms with Gasteiger partial charge in [0.05, 0.1) is 19.5 Å². The Morgan fingerprint density at radius 1 is 1.13 bits per heavy atom. The molecule has 154 valence electrons. The van der Waals surface area contributed by atoms with Crippen LogP contribution >= 0.6 is 0 Å². The van der Waals surface area contributed by atoms with Crippen molar-refractivity contribution in [2.24, 2.45) is 5.92 Å². The number of anilines is 1. The van der Waals surface area contributed by atoms with Crippen LogP contribution in [-0.4, -0.2) is 34.7 Å². The largest absolute Gasteiger partial charge is 0.497 e. The number of nitrogens with zero attached hydrogens (tertiary/aromatic N) is 4. The molecule has 30 heavy (non-hydrogen) atoms. The number of aromatic nitrogens is 3. The lowest BCUT2D eigenvalue weighted by atomic mass is 9.76. The van der Waals surface area contributed by atoms with Crippen molar-refractivity contribution in [2.45, 2.75) is 24.8 Å². The lowest BCUT2D eigenvalue weighted by Gasteiger charge is -2.47. The maximum absolute atomic E-state index is 13.3. The molecule has 4 heterocycles. The lowest BCUT2D eigenvalue weighted by Crippen LogP contribution is -2.50. The van der Waals surface area contributed by atoms with E-state index in [2.05, 4.69) is 27.0 Å². The number of halogens is 1. The van der Waals surface area contributed by atoms with Crippen molar-refractivity contribution in [2.75, 3.05) is 25.1 Å². The molecule has 0 amide bonds. The van der Waals surface area contributed by atoms with Crippen LogP contribution in [0.1, 0.15) is 29.6 Å². The molecule has 0 unspecified atom stereocenters. The van der Waals surface area contributed by atoms with E-state index in [9.17, 15) is 9.18 Å². The SMILES string of the molecule is COc1cccc(C[C@H]2[C@H]3C[C@H](CN(c4ncc(F)cn4)C3)c3cccc(=O)n32)c1. The van der Waals surface area contributed by atoms with Gasteiger partial charge >= 0.3 is 0 Å². The van der Waals surface area contributed by atoms with E-state index in [0.717, 1.165) is 42.9 Å². The highest BCUT2D eigenvalue weighted by molar-refractivity contribution is 5.35. The minimum absolute atomic E-state index is 0.0281. The summed E-state index contributed by atoms with van der Waals surface area (Å²) < 4.78 is 20.7. The monoisotopic (exact) mass is 406 g/mol. The van der Waals surface area contributed by atoms with Gasteiger partial charge in [-0.05, 0) is 42.5 Å². The highest BCUT2D eigenvalue weighted by Crippen LogP contribution is 2.43. The van der Waals surface area contributed by atoms with Crippen LogP contribution in [0.2, 0.25) is 0 Å². The highest BCUT2D eigenvalue weighted by atomic mass is 19.1. The van der Waals surface area contributed by atoms with Crippen LogP contribution < -0.4 is 15.2 Å². The molecule has 2 aliphatic rings. The normalized spacial score (nSPS) is 22.5.